The number of nitrogens with zero attached hydrogens (tertiary/aromatic N) is 3. The molecule has 1 aromatic carbocycles. The van der Waals surface area contributed by atoms with E-state index in [-0.39, 0.29) is 6.04 Å². The van der Waals surface area contributed by atoms with Crippen molar-refractivity contribution in [3.8, 4) is 0 Å². The van der Waals surface area contributed by atoms with Gasteiger partial charge in [0.2, 0.25) is 0 Å². The van der Waals surface area contributed by atoms with Gasteiger partial charge in [-0.15, -0.1) is 0 Å². The second-order valence-electron chi connectivity index (χ2n) is 5.70. The maximum atomic E-state index is 6.37. The molecule has 0 spiro atoms. The summed E-state index contributed by atoms with van der Waals surface area (Å²) in [5.41, 5.74) is 9.75. The zero-order valence-electron chi connectivity index (χ0n) is 12.9. The van der Waals surface area contributed by atoms with E-state index in [1.54, 1.807) is 6.20 Å². The Morgan fingerprint density at radius 1 is 1.38 bits per heavy atom. The van der Waals surface area contributed by atoms with E-state index in [4.69, 9.17) is 17.3 Å². The molecule has 0 aliphatic rings. The van der Waals surface area contributed by atoms with Gasteiger partial charge in [0.1, 0.15) is 0 Å². The number of hydrogen-bond acceptors (Lipinski definition) is 3. The standard InChI is InChI=1S/C16H23ClN4/c1-12-5-4-6-13(9-12)10-15(18)16-14(17)11-19-21(16)8-7-20(2)3/h4-6,9,11,15H,7-8,10,18H2,1-3H3. The van der Waals surface area contributed by atoms with Gasteiger partial charge in [-0.2, -0.15) is 5.10 Å². The van der Waals surface area contributed by atoms with E-state index in [2.05, 4.69) is 41.2 Å². The fourth-order valence-corrected chi connectivity index (χ4v) is 2.68. The van der Waals surface area contributed by atoms with Gasteiger partial charge in [0, 0.05) is 6.54 Å². The highest BCUT2D eigenvalue weighted by Gasteiger charge is 2.17. The van der Waals surface area contributed by atoms with E-state index in [0.717, 1.165) is 25.2 Å². The smallest absolute Gasteiger partial charge is 0.0834 e. The highest BCUT2D eigenvalue weighted by molar-refractivity contribution is 6.31. The molecule has 1 unspecified atom stereocenters. The summed E-state index contributed by atoms with van der Waals surface area (Å²) >= 11 is 6.28. The van der Waals surface area contributed by atoms with Crippen LogP contribution >= 0.6 is 11.6 Å². The first-order chi connectivity index (χ1) is 9.97. The Kier molecular flexibility index (Phi) is 5.39. The number of benzene rings is 1. The SMILES string of the molecule is Cc1cccc(CC(N)c2c(Cl)cnn2CCN(C)C)c1. The highest BCUT2D eigenvalue weighted by Crippen LogP contribution is 2.24. The van der Waals surface area contributed by atoms with Crippen LogP contribution in [0, 0.1) is 6.92 Å². The van der Waals surface area contributed by atoms with Crippen molar-refractivity contribution in [2.45, 2.75) is 25.9 Å². The zero-order chi connectivity index (χ0) is 15.4. The molecule has 1 atom stereocenters. The molecule has 0 radical (unpaired) electrons. The van der Waals surface area contributed by atoms with E-state index in [1.807, 2.05) is 18.8 Å². The summed E-state index contributed by atoms with van der Waals surface area (Å²) in [6, 6.07) is 8.25. The van der Waals surface area contributed by atoms with E-state index < -0.39 is 0 Å². The molecule has 0 saturated heterocycles. The molecule has 2 N–H and O–H groups in total. The van der Waals surface area contributed by atoms with Gasteiger partial charge in [-0.25, -0.2) is 0 Å². The third-order valence-corrected chi connectivity index (χ3v) is 3.77. The lowest BCUT2D eigenvalue weighted by molar-refractivity contribution is 0.366. The van der Waals surface area contributed by atoms with Crippen LogP contribution in [0.15, 0.2) is 30.5 Å². The molecule has 0 saturated carbocycles. The first kappa shape index (κ1) is 16.0. The summed E-state index contributed by atoms with van der Waals surface area (Å²) < 4.78 is 1.92. The molecule has 0 fully saturated rings. The van der Waals surface area contributed by atoms with Crippen LogP contribution in [0.1, 0.15) is 22.9 Å². The maximum Gasteiger partial charge on any atom is 0.0834 e. The van der Waals surface area contributed by atoms with Gasteiger partial charge < -0.3 is 10.6 Å². The first-order valence-corrected chi connectivity index (χ1v) is 7.52. The summed E-state index contributed by atoms with van der Waals surface area (Å²) in [4.78, 5) is 2.12. The number of likely N-dealkylation sites (N-methyl/N-ethyl adjacent to an activating group) is 1. The van der Waals surface area contributed by atoms with Crippen LogP contribution in [-0.4, -0.2) is 35.3 Å². The van der Waals surface area contributed by atoms with E-state index in [1.165, 1.54) is 11.1 Å². The van der Waals surface area contributed by atoms with Gasteiger partial charge >= 0.3 is 0 Å². The highest BCUT2D eigenvalue weighted by atomic mass is 35.5. The summed E-state index contributed by atoms with van der Waals surface area (Å²) in [6.07, 6.45) is 2.44. The lowest BCUT2D eigenvalue weighted by Crippen LogP contribution is -2.24. The van der Waals surface area contributed by atoms with Crippen molar-refractivity contribution in [3.63, 3.8) is 0 Å². The molecular weight excluding hydrogens is 284 g/mol. The van der Waals surface area contributed by atoms with Crippen molar-refractivity contribution in [2.24, 2.45) is 5.73 Å². The van der Waals surface area contributed by atoms with Gasteiger partial charge in [0.05, 0.1) is 29.5 Å². The molecule has 5 heteroatoms. The van der Waals surface area contributed by atoms with Crippen molar-refractivity contribution in [2.75, 3.05) is 20.6 Å². The zero-order valence-corrected chi connectivity index (χ0v) is 13.6. The Morgan fingerprint density at radius 2 is 2.14 bits per heavy atom. The van der Waals surface area contributed by atoms with Crippen LogP contribution < -0.4 is 5.73 Å². The Bertz CT molecular complexity index is 592. The molecule has 0 amide bonds. The molecule has 0 aliphatic heterocycles. The van der Waals surface area contributed by atoms with Crippen molar-refractivity contribution in [1.29, 1.82) is 0 Å². The van der Waals surface area contributed by atoms with Crippen molar-refractivity contribution in [3.05, 3.63) is 52.3 Å². The van der Waals surface area contributed by atoms with Gasteiger partial charge in [-0.1, -0.05) is 41.4 Å². The Hall–Kier alpha value is -1.36. The quantitative estimate of drug-likeness (QED) is 0.892. The predicted octanol–water partition coefficient (Wildman–Crippen LogP) is 2.65. The van der Waals surface area contributed by atoms with E-state index in [9.17, 15) is 0 Å². The number of nitrogens with two attached hydrogens (primary N) is 1. The summed E-state index contributed by atoms with van der Waals surface area (Å²) in [6.45, 7) is 3.78. The normalized spacial score (nSPS) is 12.9. The second-order valence-corrected chi connectivity index (χ2v) is 6.11. The topological polar surface area (TPSA) is 47.1 Å². The third-order valence-electron chi connectivity index (χ3n) is 3.48. The summed E-state index contributed by atoms with van der Waals surface area (Å²) in [7, 11) is 4.08. The van der Waals surface area contributed by atoms with Crippen molar-refractivity contribution in [1.82, 2.24) is 14.7 Å². The average Bonchev–Trinajstić information content (AvgIpc) is 2.77. The minimum absolute atomic E-state index is 0.149. The third kappa shape index (κ3) is 4.30. The van der Waals surface area contributed by atoms with E-state index >= 15 is 0 Å². The van der Waals surface area contributed by atoms with Crippen LogP contribution in [0.5, 0.6) is 0 Å². The van der Waals surface area contributed by atoms with Gasteiger partial charge in [0.15, 0.2) is 0 Å². The molecule has 1 aromatic heterocycles. The first-order valence-electron chi connectivity index (χ1n) is 7.14. The Labute approximate surface area is 131 Å². The molecule has 4 nitrogen and oxygen atoms in total. The molecule has 2 rings (SSSR count). The number of hydrogen-bond donors (Lipinski definition) is 1. The van der Waals surface area contributed by atoms with Crippen molar-refractivity contribution >= 4 is 11.6 Å². The predicted molar refractivity (Wildman–Crippen MR) is 87.6 cm³/mol. The van der Waals surface area contributed by atoms with Gasteiger partial charge in [-0.3, -0.25) is 4.68 Å². The second kappa shape index (κ2) is 7.07. The Morgan fingerprint density at radius 3 is 2.81 bits per heavy atom. The molecule has 1 heterocycles. The number of halogens is 1. The summed E-state index contributed by atoms with van der Waals surface area (Å²) in [5, 5.41) is 4.99. The van der Waals surface area contributed by atoms with Crippen LogP contribution in [0.2, 0.25) is 5.02 Å². The van der Waals surface area contributed by atoms with Crippen LogP contribution in [-0.2, 0) is 13.0 Å². The average molecular weight is 307 g/mol. The van der Waals surface area contributed by atoms with Crippen LogP contribution in [0.4, 0.5) is 0 Å². The lowest BCUT2D eigenvalue weighted by atomic mass is 10.0. The molecule has 2 aromatic rings. The minimum Gasteiger partial charge on any atom is -0.322 e. The Balaban J connectivity index is 2.14. The molecular formula is C16H23ClN4. The monoisotopic (exact) mass is 306 g/mol. The fraction of sp³-hybridized carbons (Fsp3) is 0.438. The largest absolute Gasteiger partial charge is 0.322 e. The molecule has 21 heavy (non-hydrogen) atoms. The molecule has 114 valence electrons. The fourth-order valence-electron chi connectivity index (χ4n) is 2.40. The van der Waals surface area contributed by atoms with Gasteiger partial charge in [-0.05, 0) is 33.0 Å². The number of aromatic nitrogens is 2. The summed E-state index contributed by atoms with van der Waals surface area (Å²) in [5.74, 6) is 0. The van der Waals surface area contributed by atoms with E-state index in [0.29, 0.717) is 5.02 Å². The number of rotatable bonds is 6. The number of aryl methyl sites for hydroxylation is 1. The maximum absolute atomic E-state index is 6.37. The lowest BCUT2D eigenvalue weighted by Gasteiger charge is -2.17. The van der Waals surface area contributed by atoms with Gasteiger partial charge in [0.25, 0.3) is 0 Å². The molecule has 0 bridgehead atoms. The molecule has 0 aliphatic carbocycles. The van der Waals surface area contributed by atoms with Crippen LogP contribution in [0.3, 0.4) is 0 Å². The van der Waals surface area contributed by atoms with Crippen molar-refractivity contribution < 1.29 is 0 Å². The minimum atomic E-state index is -0.149. The van der Waals surface area contributed by atoms with Crippen LogP contribution in [0.25, 0.3) is 0 Å².